The molecule has 2 rings (SSSR count). The number of piperazine rings is 1. The van der Waals surface area contributed by atoms with E-state index in [9.17, 15) is 8.78 Å². The topological polar surface area (TPSA) is 15.3 Å². The Balaban J connectivity index is 2.27. The molecule has 1 aromatic rings. The van der Waals surface area contributed by atoms with Gasteiger partial charge in [0.2, 0.25) is 0 Å². The molecule has 0 saturated carbocycles. The number of hydrogen-bond donors (Lipinski definition) is 1. The van der Waals surface area contributed by atoms with E-state index in [-0.39, 0.29) is 6.04 Å². The molecule has 112 valence electrons. The monoisotopic (exact) mass is 346 g/mol. The predicted molar refractivity (Wildman–Crippen MR) is 82.1 cm³/mol. The summed E-state index contributed by atoms with van der Waals surface area (Å²) in [6.45, 7) is 7.96. The van der Waals surface area contributed by atoms with Crippen molar-refractivity contribution in [2.24, 2.45) is 5.92 Å². The zero-order valence-corrected chi connectivity index (χ0v) is 13.7. The van der Waals surface area contributed by atoms with Gasteiger partial charge in [-0.1, -0.05) is 20.3 Å². The minimum atomic E-state index is -0.562. The molecule has 0 radical (unpaired) electrons. The second-order valence-corrected chi connectivity index (χ2v) is 6.47. The largest absolute Gasteiger partial charge is 0.364 e. The number of nitrogens with one attached hydrogen (secondary N) is 1. The molecule has 1 aliphatic heterocycles. The van der Waals surface area contributed by atoms with Crippen LogP contribution >= 0.6 is 15.9 Å². The third-order valence-corrected chi connectivity index (χ3v) is 4.84. The van der Waals surface area contributed by atoms with Crippen LogP contribution in [-0.4, -0.2) is 25.2 Å². The first-order valence-corrected chi connectivity index (χ1v) is 7.87. The molecule has 3 atom stereocenters. The molecule has 0 bridgehead atoms. The minimum absolute atomic E-state index is 0.183. The lowest BCUT2D eigenvalue weighted by Crippen LogP contribution is -2.57. The maximum Gasteiger partial charge on any atom is 0.149 e. The van der Waals surface area contributed by atoms with Gasteiger partial charge < -0.3 is 10.2 Å². The van der Waals surface area contributed by atoms with Gasteiger partial charge in [0.1, 0.15) is 11.6 Å². The molecule has 3 unspecified atom stereocenters. The van der Waals surface area contributed by atoms with Crippen molar-refractivity contribution >= 4 is 21.6 Å². The number of anilines is 1. The van der Waals surface area contributed by atoms with Crippen LogP contribution in [0, 0.1) is 17.6 Å². The third-order valence-electron chi connectivity index (χ3n) is 4.23. The average molecular weight is 347 g/mol. The fourth-order valence-corrected chi connectivity index (χ4v) is 2.95. The maximum atomic E-state index is 14.1. The summed E-state index contributed by atoms with van der Waals surface area (Å²) >= 11 is 3.14. The van der Waals surface area contributed by atoms with Crippen molar-refractivity contribution in [2.45, 2.75) is 39.3 Å². The summed E-state index contributed by atoms with van der Waals surface area (Å²) in [5, 5.41) is 3.51. The Kier molecular flexibility index (Phi) is 5.02. The van der Waals surface area contributed by atoms with Gasteiger partial charge in [-0.2, -0.15) is 0 Å². The lowest BCUT2D eigenvalue weighted by molar-refractivity contribution is 0.314. The first kappa shape index (κ1) is 15.7. The number of rotatable bonds is 3. The lowest BCUT2D eigenvalue weighted by atomic mass is 9.95. The van der Waals surface area contributed by atoms with Gasteiger partial charge in [-0.15, -0.1) is 0 Å². The normalized spacial score (nSPS) is 24.8. The molecule has 1 aliphatic rings. The summed E-state index contributed by atoms with van der Waals surface area (Å²) < 4.78 is 27.7. The summed E-state index contributed by atoms with van der Waals surface area (Å²) in [7, 11) is 0. The highest BCUT2D eigenvalue weighted by Crippen LogP contribution is 2.30. The Morgan fingerprint density at radius 3 is 2.75 bits per heavy atom. The van der Waals surface area contributed by atoms with Crippen molar-refractivity contribution < 1.29 is 8.78 Å². The number of nitrogens with zero attached hydrogens (tertiary/aromatic N) is 1. The van der Waals surface area contributed by atoms with Crippen LogP contribution in [0.1, 0.15) is 27.2 Å². The molecular weight excluding hydrogens is 326 g/mol. The SMILES string of the molecule is CCC(C)C1CN(c2cc(Br)c(F)cc2F)C(C)CN1. The standard InChI is InChI=1S/C15H21BrF2N2/c1-4-9(2)14-8-20(10(3)7-19-14)15-5-11(16)12(17)6-13(15)18/h5-6,9-10,14,19H,4,7-8H2,1-3H3. The van der Waals surface area contributed by atoms with Gasteiger partial charge in [-0.25, -0.2) is 8.78 Å². The molecule has 1 aromatic carbocycles. The molecule has 2 nitrogen and oxygen atoms in total. The number of benzene rings is 1. The van der Waals surface area contributed by atoms with E-state index in [1.807, 2.05) is 4.90 Å². The Morgan fingerprint density at radius 2 is 2.10 bits per heavy atom. The molecule has 0 aliphatic carbocycles. The summed E-state index contributed by atoms with van der Waals surface area (Å²) in [5.74, 6) is -0.535. The van der Waals surface area contributed by atoms with Gasteiger partial charge in [0, 0.05) is 31.2 Å². The first-order valence-electron chi connectivity index (χ1n) is 7.08. The van der Waals surface area contributed by atoms with Gasteiger partial charge in [0.05, 0.1) is 10.2 Å². The fraction of sp³-hybridized carbons (Fsp3) is 0.600. The molecule has 0 aromatic heterocycles. The molecule has 1 fully saturated rings. The summed E-state index contributed by atoms with van der Waals surface area (Å²) in [6, 6.07) is 3.01. The molecule has 5 heteroatoms. The van der Waals surface area contributed by atoms with Crippen LogP contribution in [0.25, 0.3) is 0 Å². The zero-order valence-electron chi connectivity index (χ0n) is 12.1. The molecule has 1 heterocycles. The first-order chi connectivity index (χ1) is 9.43. The highest BCUT2D eigenvalue weighted by molar-refractivity contribution is 9.10. The fourth-order valence-electron chi connectivity index (χ4n) is 2.62. The van der Waals surface area contributed by atoms with Crippen molar-refractivity contribution in [2.75, 3.05) is 18.0 Å². The summed E-state index contributed by atoms with van der Waals surface area (Å²) in [5.41, 5.74) is 0.473. The van der Waals surface area contributed by atoms with Crippen molar-refractivity contribution in [3.63, 3.8) is 0 Å². The highest BCUT2D eigenvalue weighted by atomic mass is 79.9. The van der Waals surface area contributed by atoms with Gasteiger partial charge in [0.15, 0.2) is 0 Å². The van der Waals surface area contributed by atoms with Crippen molar-refractivity contribution in [1.29, 1.82) is 0 Å². The molecular formula is C15H21BrF2N2. The second kappa shape index (κ2) is 6.39. The van der Waals surface area contributed by atoms with E-state index in [2.05, 4.69) is 42.0 Å². The number of hydrogen-bond acceptors (Lipinski definition) is 2. The van der Waals surface area contributed by atoms with Gasteiger partial charge in [0.25, 0.3) is 0 Å². The Labute approximate surface area is 127 Å². The van der Waals surface area contributed by atoms with Crippen LogP contribution < -0.4 is 10.2 Å². The Hall–Kier alpha value is -0.680. The molecule has 0 spiro atoms. The van der Waals surface area contributed by atoms with Crippen LogP contribution in [-0.2, 0) is 0 Å². The van der Waals surface area contributed by atoms with Crippen molar-refractivity contribution in [3.05, 3.63) is 28.2 Å². The van der Waals surface area contributed by atoms with E-state index in [0.29, 0.717) is 22.1 Å². The van der Waals surface area contributed by atoms with E-state index >= 15 is 0 Å². The van der Waals surface area contributed by atoms with Gasteiger partial charge in [-0.3, -0.25) is 0 Å². The lowest BCUT2D eigenvalue weighted by Gasteiger charge is -2.42. The summed E-state index contributed by atoms with van der Waals surface area (Å²) in [6.07, 6.45) is 1.08. The van der Waals surface area contributed by atoms with E-state index < -0.39 is 11.6 Å². The van der Waals surface area contributed by atoms with Crippen LogP contribution in [0.3, 0.4) is 0 Å². The molecule has 1 N–H and O–H groups in total. The van der Waals surface area contributed by atoms with Crippen LogP contribution in [0.15, 0.2) is 16.6 Å². The van der Waals surface area contributed by atoms with Gasteiger partial charge in [-0.05, 0) is 34.8 Å². The number of halogens is 3. The van der Waals surface area contributed by atoms with E-state index in [1.165, 1.54) is 0 Å². The third kappa shape index (κ3) is 3.14. The van der Waals surface area contributed by atoms with Crippen molar-refractivity contribution in [3.8, 4) is 0 Å². The average Bonchev–Trinajstić information content (AvgIpc) is 2.43. The second-order valence-electron chi connectivity index (χ2n) is 5.62. The Bertz CT molecular complexity index is 481. The van der Waals surface area contributed by atoms with Crippen LogP contribution in [0.2, 0.25) is 0 Å². The Morgan fingerprint density at radius 1 is 1.40 bits per heavy atom. The molecule has 1 saturated heterocycles. The summed E-state index contributed by atoms with van der Waals surface area (Å²) in [4.78, 5) is 2.03. The van der Waals surface area contributed by atoms with Crippen molar-refractivity contribution in [1.82, 2.24) is 5.32 Å². The van der Waals surface area contributed by atoms with Gasteiger partial charge >= 0.3 is 0 Å². The van der Waals surface area contributed by atoms with Crippen LogP contribution in [0.4, 0.5) is 14.5 Å². The van der Waals surface area contributed by atoms with E-state index in [4.69, 9.17) is 0 Å². The maximum absolute atomic E-state index is 14.1. The predicted octanol–water partition coefficient (Wildman–Crippen LogP) is 3.94. The quantitative estimate of drug-likeness (QED) is 0.834. The minimum Gasteiger partial charge on any atom is -0.364 e. The molecule has 20 heavy (non-hydrogen) atoms. The zero-order chi connectivity index (χ0) is 14.9. The van der Waals surface area contributed by atoms with Crippen LogP contribution in [0.5, 0.6) is 0 Å². The highest BCUT2D eigenvalue weighted by Gasteiger charge is 2.29. The van der Waals surface area contributed by atoms with E-state index in [0.717, 1.165) is 25.6 Å². The van der Waals surface area contributed by atoms with E-state index in [1.54, 1.807) is 6.07 Å². The smallest absolute Gasteiger partial charge is 0.149 e. The molecule has 0 amide bonds.